The van der Waals surface area contributed by atoms with Gasteiger partial charge in [0.25, 0.3) is 0 Å². The lowest BCUT2D eigenvalue weighted by Gasteiger charge is -2.10. The fourth-order valence-corrected chi connectivity index (χ4v) is 2.38. The lowest BCUT2D eigenvalue weighted by Crippen LogP contribution is -2.32. The summed E-state index contributed by atoms with van der Waals surface area (Å²) in [6.45, 7) is 1.81. The number of hydrogen-bond donors (Lipinski definition) is 1. The molecule has 0 aliphatic carbocycles. The first-order chi connectivity index (χ1) is 9.65. The van der Waals surface area contributed by atoms with Crippen molar-refractivity contribution < 1.29 is 14.0 Å². The minimum Gasteiger partial charge on any atom is -0.465 e. The topological polar surface area (TPSA) is 59.3 Å². The van der Waals surface area contributed by atoms with Crippen LogP contribution in [0.3, 0.4) is 0 Å². The maximum absolute atomic E-state index is 11.9. The SMILES string of the molecule is CC(CC(=O)c1cccs1)NC(=O)C=Cc1ccco1. The van der Waals surface area contributed by atoms with Crippen LogP contribution >= 0.6 is 11.3 Å². The van der Waals surface area contributed by atoms with Crippen molar-refractivity contribution in [3.8, 4) is 0 Å². The molecule has 104 valence electrons. The Morgan fingerprint density at radius 3 is 2.90 bits per heavy atom. The molecule has 0 fully saturated rings. The molecule has 4 nitrogen and oxygen atoms in total. The van der Waals surface area contributed by atoms with Crippen LogP contribution in [-0.2, 0) is 4.79 Å². The summed E-state index contributed by atoms with van der Waals surface area (Å²) in [5, 5.41) is 4.62. The van der Waals surface area contributed by atoms with E-state index in [4.69, 9.17) is 4.42 Å². The third-order valence-corrected chi connectivity index (χ3v) is 3.53. The van der Waals surface area contributed by atoms with Gasteiger partial charge in [0.05, 0.1) is 11.1 Å². The summed E-state index contributed by atoms with van der Waals surface area (Å²) in [7, 11) is 0. The fourth-order valence-electron chi connectivity index (χ4n) is 1.70. The lowest BCUT2D eigenvalue weighted by molar-refractivity contribution is -0.116. The first-order valence-electron chi connectivity index (χ1n) is 6.24. The second-order valence-electron chi connectivity index (χ2n) is 4.36. The van der Waals surface area contributed by atoms with Gasteiger partial charge >= 0.3 is 0 Å². The Bertz CT molecular complexity index is 585. The lowest BCUT2D eigenvalue weighted by atomic mass is 10.1. The molecule has 2 heterocycles. The second-order valence-corrected chi connectivity index (χ2v) is 5.31. The number of carbonyl (C=O) groups is 2. The van der Waals surface area contributed by atoms with Gasteiger partial charge < -0.3 is 9.73 Å². The molecule has 2 aromatic rings. The number of carbonyl (C=O) groups excluding carboxylic acids is 2. The zero-order valence-corrected chi connectivity index (χ0v) is 11.9. The summed E-state index contributed by atoms with van der Waals surface area (Å²) in [6.07, 6.45) is 4.81. The van der Waals surface area contributed by atoms with Gasteiger partial charge in [-0.25, -0.2) is 0 Å². The molecular formula is C15H15NO3S. The molecule has 20 heavy (non-hydrogen) atoms. The van der Waals surface area contributed by atoms with Crippen molar-refractivity contribution >= 4 is 29.1 Å². The molecule has 5 heteroatoms. The maximum Gasteiger partial charge on any atom is 0.244 e. The van der Waals surface area contributed by atoms with Gasteiger partial charge in [-0.2, -0.15) is 0 Å². The van der Waals surface area contributed by atoms with E-state index in [0.717, 1.165) is 4.88 Å². The Labute approximate surface area is 121 Å². The van der Waals surface area contributed by atoms with E-state index in [2.05, 4.69) is 5.32 Å². The number of ketones is 1. The average molecular weight is 289 g/mol. The normalized spacial score (nSPS) is 12.4. The zero-order valence-electron chi connectivity index (χ0n) is 11.0. The Morgan fingerprint density at radius 1 is 1.40 bits per heavy atom. The number of furan rings is 1. The highest BCUT2D eigenvalue weighted by Crippen LogP contribution is 2.12. The number of hydrogen-bond acceptors (Lipinski definition) is 4. The zero-order chi connectivity index (χ0) is 14.4. The predicted molar refractivity (Wildman–Crippen MR) is 78.6 cm³/mol. The summed E-state index contributed by atoms with van der Waals surface area (Å²) >= 11 is 1.41. The van der Waals surface area contributed by atoms with Crippen molar-refractivity contribution in [3.63, 3.8) is 0 Å². The number of amides is 1. The van der Waals surface area contributed by atoms with Gasteiger partial charge in [0, 0.05) is 18.5 Å². The molecule has 2 aromatic heterocycles. The maximum atomic E-state index is 11.9. The molecule has 2 rings (SSSR count). The molecule has 0 radical (unpaired) electrons. The van der Waals surface area contributed by atoms with E-state index < -0.39 is 0 Å². The highest BCUT2D eigenvalue weighted by atomic mass is 32.1. The van der Waals surface area contributed by atoms with Crippen LogP contribution in [0.15, 0.2) is 46.4 Å². The van der Waals surface area contributed by atoms with E-state index in [1.165, 1.54) is 17.4 Å². The fraction of sp³-hybridized carbons (Fsp3) is 0.200. The predicted octanol–water partition coefficient (Wildman–Crippen LogP) is 3.13. The Hall–Kier alpha value is -2.14. The van der Waals surface area contributed by atoms with E-state index in [9.17, 15) is 9.59 Å². The summed E-state index contributed by atoms with van der Waals surface area (Å²) in [5.74, 6) is 0.415. The molecule has 0 saturated heterocycles. The van der Waals surface area contributed by atoms with Crippen molar-refractivity contribution in [2.75, 3.05) is 0 Å². The quantitative estimate of drug-likeness (QED) is 0.656. The molecule has 1 amide bonds. The largest absolute Gasteiger partial charge is 0.465 e. The van der Waals surface area contributed by atoms with E-state index in [-0.39, 0.29) is 17.7 Å². The van der Waals surface area contributed by atoms with Gasteiger partial charge in [-0.3, -0.25) is 9.59 Å². The van der Waals surface area contributed by atoms with Crippen molar-refractivity contribution in [1.82, 2.24) is 5.32 Å². The standard InChI is InChI=1S/C15H15NO3S/c1-11(10-13(17)14-5-3-9-20-14)16-15(18)7-6-12-4-2-8-19-12/h2-9,11H,10H2,1H3,(H,16,18). The van der Waals surface area contributed by atoms with Crippen LogP contribution in [0.1, 0.15) is 28.8 Å². The molecule has 0 spiro atoms. The molecule has 1 atom stereocenters. The summed E-state index contributed by atoms with van der Waals surface area (Å²) in [4.78, 5) is 24.3. The van der Waals surface area contributed by atoms with E-state index in [0.29, 0.717) is 12.2 Å². The minimum atomic E-state index is -0.243. The van der Waals surface area contributed by atoms with Crippen LogP contribution in [0.2, 0.25) is 0 Å². The molecule has 0 saturated carbocycles. The average Bonchev–Trinajstić information content (AvgIpc) is 3.09. The molecule has 0 aromatic carbocycles. The Balaban J connectivity index is 1.80. The highest BCUT2D eigenvalue weighted by Gasteiger charge is 2.13. The van der Waals surface area contributed by atoms with Crippen LogP contribution in [0.4, 0.5) is 0 Å². The van der Waals surface area contributed by atoms with Crippen LogP contribution in [0, 0.1) is 0 Å². The van der Waals surface area contributed by atoms with E-state index >= 15 is 0 Å². The van der Waals surface area contributed by atoms with Crippen LogP contribution in [-0.4, -0.2) is 17.7 Å². The number of nitrogens with one attached hydrogen (secondary N) is 1. The third kappa shape index (κ3) is 4.20. The summed E-state index contributed by atoms with van der Waals surface area (Å²) in [5.41, 5.74) is 0. The van der Waals surface area contributed by atoms with Gasteiger partial charge in [0.1, 0.15) is 5.76 Å². The first kappa shape index (κ1) is 14.3. The van der Waals surface area contributed by atoms with E-state index in [1.807, 2.05) is 18.4 Å². The van der Waals surface area contributed by atoms with Crippen LogP contribution in [0.25, 0.3) is 6.08 Å². The Kier molecular flexibility index (Phi) is 4.90. The summed E-state index contributed by atoms with van der Waals surface area (Å²) in [6, 6.07) is 6.93. The second kappa shape index (κ2) is 6.86. The van der Waals surface area contributed by atoms with Gasteiger partial charge in [-0.1, -0.05) is 6.07 Å². The van der Waals surface area contributed by atoms with E-state index in [1.54, 1.807) is 30.5 Å². The molecule has 0 aliphatic rings. The van der Waals surface area contributed by atoms with Gasteiger partial charge in [0.15, 0.2) is 5.78 Å². The van der Waals surface area contributed by atoms with Gasteiger partial charge in [-0.05, 0) is 36.6 Å². The number of Topliss-reactive ketones (excluding diaryl/α,β-unsaturated/α-hetero) is 1. The van der Waals surface area contributed by atoms with Crippen molar-refractivity contribution in [1.29, 1.82) is 0 Å². The third-order valence-electron chi connectivity index (χ3n) is 2.62. The van der Waals surface area contributed by atoms with Crippen molar-refractivity contribution in [2.45, 2.75) is 19.4 Å². The van der Waals surface area contributed by atoms with Crippen LogP contribution in [0.5, 0.6) is 0 Å². The number of rotatable bonds is 6. The molecule has 1 N–H and O–H groups in total. The minimum absolute atomic E-state index is 0.0443. The molecule has 0 bridgehead atoms. The first-order valence-corrected chi connectivity index (χ1v) is 7.12. The highest BCUT2D eigenvalue weighted by molar-refractivity contribution is 7.12. The number of thiophene rings is 1. The van der Waals surface area contributed by atoms with Gasteiger partial charge in [-0.15, -0.1) is 11.3 Å². The van der Waals surface area contributed by atoms with Crippen LogP contribution < -0.4 is 5.32 Å². The smallest absolute Gasteiger partial charge is 0.244 e. The monoisotopic (exact) mass is 289 g/mol. The Morgan fingerprint density at radius 2 is 2.25 bits per heavy atom. The summed E-state index contributed by atoms with van der Waals surface area (Å²) < 4.78 is 5.08. The molecule has 0 aliphatic heterocycles. The molecular weight excluding hydrogens is 274 g/mol. The van der Waals surface area contributed by atoms with Crippen molar-refractivity contribution in [2.24, 2.45) is 0 Å². The van der Waals surface area contributed by atoms with Gasteiger partial charge in [0.2, 0.25) is 5.91 Å². The molecule has 1 unspecified atom stereocenters. The van der Waals surface area contributed by atoms with Crippen molar-refractivity contribution in [3.05, 3.63) is 52.6 Å².